The van der Waals surface area contributed by atoms with Crippen molar-refractivity contribution in [2.75, 3.05) is 20.3 Å². The standard InChI is InChI=1S/C21H23ClN4O3/c1-29-11-10-23-20(27)12-19-25-17-4-2-3-5-18(17)26(19)14-21(28)24-13-15-6-8-16(22)9-7-15/h2-9H,10-14H2,1H3,(H,23,27)(H,24,28). The topological polar surface area (TPSA) is 85.2 Å². The van der Waals surface area contributed by atoms with E-state index in [1.807, 2.05) is 36.4 Å². The number of hydrogen-bond acceptors (Lipinski definition) is 4. The molecule has 0 saturated heterocycles. The van der Waals surface area contributed by atoms with E-state index in [1.165, 1.54) is 0 Å². The number of aromatic nitrogens is 2. The number of rotatable bonds is 9. The molecule has 2 aromatic carbocycles. The van der Waals surface area contributed by atoms with Gasteiger partial charge in [0.2, 0.25) is 11.8 Å². The van der Waals surface area contributed by atoms with E-state index in [4.69, 9.17) is 16.3 Å². The monoisotopic (exact) mass is 414 g/mol. The van der Waals surface area contributed by atoms with Crippen molar-refractivity contribution in [3.63, 3.8) is 0 Å². The van der Waals surface area contributed by atoms with Gasteiger partial charge < -0.3 is 19.9 Å². The van der Waals surface area contributed by atoms with Gasteiger partial charge in [-0.05, 0) is 29.8 Å². The van der Waals surface area contributed by atoms with Gasteiger partial charge in [0.25, 0.3) is 0 Å². The first kappa shape index (κ1) is 20.8. The predicted octanol–water partition coefficient (Wildman–Crippen LogP) is 2.31. The third-order valence-electron chi connectivity index (χ3n) is 4.39. The van der Waals surface area contributed by atoms with Gasteiger partial charge in [-0.2, -0.15) is 0 Å². The average Bonchev–Trinajstić information content (AvgIpc) is 3.05. The summed E-state index contributed by atoms with van der Waals surface area (Å²) in [6.07, 6.45) is 0.0862. The zero-order chi connectivity index (χ0) is 20.6. The van der Waals surface area contributed by atoms with E-state index in [0.717, 1.165) is 16.6 Å². The van der Waals surface area contributed by atoms with Gasteiger partial charge in [-0.1, -0.05) is 35.9 Å². The smallest absolute Gasteiger partial charge is 0.240 e. The third-order valence-corrected chi connectivity index (χ3v) is 4.64. The van der Waals surface area contributed by atoms with Crippen LogP contribution >= 0.6 is 11.6 Å². The lowest BCUT2D eigenvalue weighted by Crippen LogP contribution is -2.31. The van der Waals surface area contributed by atoms with Crippen LogP contribution in [-0.4, -0.2) is 41.6 Å². The van der Waals surface area contributed by atoms with Crippen molar-refractivity contribution in [3.05, 3.63) is 64.9 Å². The molecule has 0 saturated carbocycles. The molecule has 2 N–H and O–H groups in total. The number of hydrogen-bond donors (Lipinski definition) is 2. The minimum Gasteiger partial charge on any atom is -0.383 e. The maximum Gasteiger partial charge on any atom is 0.240 e. The molecule has 152 valence electrons. The molecule has 7 nitrogen and oxygen atoms in total. The number of nitrogens with one attached hydrogen (secondary N) is 2. The fraction of sp³-hybridized carbons (Fsp3) is 0.286. The lowest BCUT2D eigenvalue weighted by atomic mass is 10.2. The molecule has 0 atom stereocenters. The average molecular weight is 415 g/mol. The number of carbonyl (C=O) groups excluding carboxylic acids is 2. The quantitative estimate of drug-likeness (QED) is 0.526. The molecule has 0 spiro atoms. The van der Waals surface area contributed by atoms with Gasteiger partial charge in [-0.15, -0.1) is 0 Å². The summed E-state index contributed by atoms with van der Waals surface area (Å²) in [5.74, 6) is 0.215. The Morgan fingerprint density at radius 3 is 2.59 bits per heavy atom. The second kappa shape index (κ2) is 10.0. The Morgan fingerprint density at radius 2 is 1.83 bits per heavy atom. The highest BCUT2D eigenvalue weighted by Crippen LogP contribution is 2.16. The van der Waals surface area contributed by atoms with Crippen LogP contribution in [0.5, 0.6) is 0 Å². The Labute approximate surface area is 174 Å². The molecule has 0 aliphatic rings. The van der Waals surface area contributed by atoms with Crippen LogP contribution in [0.15, 0.2) is 48.5 Å². The number of ether oxygens (including phenoxy) is 1. The first-order chi connectivity index (χ1) is 14.1. The van der Waals surface area contributed by atoms with Crippen LogP contribution in [0, 0.1) is 0 Å². The molecule has 8 heteroatoms. The summed E-state index contributed by atoms with van der Waals surface area (Å²) in [6, 6.07) is 14.8. The largest absolute Gasteiger partial charge is 0.383 e. The summed E-state index contributed by atoms with van der Waals surface area (Å²) < 4.78 is 6.72. The van der Waals surface area contributed by atoms with Crippen LogP contribution in [0.1, 0.15) is 11.4 Å². The van der Waals surface area contributed by atoms with E-state index < -0.39 is 0 Å². The summed E-state index contributed by atoms with van der Waals surface area (Å²) in [5, 5.41) is 6.33. The molecule has 2 amide bonds. The van der Waals surface area contributed by atoms with Gasteiger partial charge in [0.1, 0.15) is 12.4 Å². The number of carbonyl (C=O) groups is 2. The third kappa shape index (κ3) is 5.79. The van der Waals surface area contributed by atoms with Gasteiger partial charge in [0.05, 0.1) is 24.1 Å². The van der Waals surface area contributed by atoms with Crippen molar-refractivity contribution in [1.82, 2.24) is 20.2 Å². The van der Waals surface area contributed by atoms with E-state index in [0.29, 0.717) is 30.5 Å². The summed E-state index contributed by atoms with van der Waals surface area (Å²) in [5.41, 5.74) is 2.52. The highest BCUT2D eigenvalue weighted by molar-refractivity contribution is 6.30. The molecule has 0 aliphatic carbocycles. The normalized spacial score (nSPS) is 10.8. The number of para-hydroxylation sites is 2. The van der Waals surface area contributed by atoms with Gasteiger partial charge in [0.15, 0.2) is 0 Å². The molecule has 3 aromatic rings. The lowest BCUT2D eigenvalue weighted by Gasteiger charge is -2.10. The van der Waals surface area contributed by atoms with Gasteiger partial charge in [-0.25, -0.2) is 4.98 Å². The summed E-state index contributed by atoms with van der Waals surface area (Å²) in [4.78, 5) is 29.3. The molecule has 0 fully saturated rings. The van der Waals surface area contributed by atoms with E-state index in [1.54, 1.807) is 23.8 Å². The summed E-state index contributed by atoms with van der Waals surface area (Å²) in [6.45, 7) is 1.34. The van der Waals surface area contributed by atoms with Crippen LogP contribution in [0.4, 0.5) is 0 Å². The van der Waals surface area contributed by atoms with E-state index in [2.05, 4.69) is 15.6 Å². The maximum absolute atomic E-state index is 12.5. The molecular weight excluding hydrogens is 392 g/mol. The fourth-order valence-corrected chi connectivity index (χ4v) is 3.06. The summed E-state index contributed by atoms with van der Waals surface area (Å²) in [7, 11) is 1.58. The molecule has 0 radical (unpaired) electrons. The van der Waals surface area contributed by atoms with Gasteiger partial charge in [0, 0.05) is 25.2 Å². The zero-order valence-corrected chi connectivity index (χ0v) is 16.9. The van der Waals surface area contributed by atoms with Crippen LogP contribution in [-0.2, 0) is 33.8 Å². The van der Waals surface area contributed by atoms with E-state index in [9.17, 15) is 9.59 Å². The second-order valence-electron chi connectivity index (χ2n) is 6.53. The fourth-order valence-electron chi connectivity index (χ4n) is 2.94. The number of methoxy groups -OCH3 is 1. The van der Waals surface area contributed by atoms with Crippen LogP contribution < -0.4 is 10.6 Å². The Hall–Kier alpha value is -2.90. The molecule has 0 unspecified atom stereocenters. The number of nitrogens with zero attached hydrogens (tertiary/aromatic N) is 2. The number of amides is 2. The molecule has 0 aliphatic heterocycles. The number of benzene rings is 2. The Morgan fingerprint density at radius 1 is 1.07 bits per heavy atom. The van der Waals surface area contributed by atoms with E-state index in [-0.39, 0.29) is 24.8 Å². The molecule has 1 aromatic heterocycles. The first-order valence-corrected chi connectivity index (χ1v) is 9.65. The molecular formula is C21H23ClN4O3. The van der Waals surface area contributed by atoms with Gasteiger partial charge in [-0.3, -0.25) is 9.59 Å². The number of fused-ring (bicyclic) bond motifs is 1. The lowest BCUT2D eigenvalue weighted by molar-refractivity contribution is -0.122. The van der Waals surface area contributed by atoms with Crippen molar-refractivity contribution in [2.24, 2.45) is 0 Å². The minimum atomic E-state index is -0.167. The van der Waals surface area contributed by atoms with Crippen LogP contribution in [0.25, 0.3) is 11.0 Å². The Balaban J connectivity index is 1.70. The molecule has 1 heterocycles. The highest BCUT2D eigenvalue weighted by Gasteiger charge is 2.16. The number of imidazole rings is 1. The molecule has 29 heavy (non-hydrogen) atoms. The minimum absolute atomic E-state index is 0.0782. The molecule has 0 bridgehead atoms. The predicted molar refractivity (Wildman–Crippen MR) is 112 cm³/mol. The zero-order valence-electron chi connectivity index (χ0n) is 16.2. The SMILES string of the molecule is COCCNC(=O)Cc1nc2ccccc2n1CC(=O)NCc1ccc(Cl)cc1. The number of halogens is 1. The van der Waals surface area contributed by atoms with Crippen molar-refractivity contribution in [3.8, 4) is 0 Å². The van der Waals surface area contributed by atoms with Crippen molar-refractivity contribution in [1.29, 1.82) is 0 Å². The van der Waals surface area contributed by atoms with Crippen molar-refractivity contribution >= 4 is 34.4 Å². The van der Waals surface area contributed by atoms with Gasteiger partial charge >= 0.3 is 0 Å². The highest BCUT2D eigenvalue weighted by atomic mass is 35.5. The van der Waals surface area contributed by atoms with E-state index >= 15 is 0 Å². The van der Waals surface area contributed by atoms with Crippen molar-refractivity contribution in [2.45, 2.75) is 19.5 Å². The first-order valence-electron chi connectivity index (χ1n) is 9.27. The van der Waals surface area contributed by atoms with Crippen LogP contribution in [0.2, 0.25) is 5.02 Å². The summed E-state index contributed by atoms with van der Waals surface area (Å²) >= 11 is 5.89. The Kier molecular flexibility index (Phi) is 7.21. The Bertz CT molecular complexity index is 985. The maximum atomic E-state index is 12.5. The second-order valence-corrected chi connectivity index (χ2v) is 6.96. The molecule has 3 rings (SSSR count). The van der Waals surface area contributed by atoms with Crippen LogP contribution in [0.3, 0.4) is 0 Å². The van der Waals surface area contributed by atoms with Crippen molar-refractivity contribution < 1.29 is 14.3 Å².